The average molecular weight is 340 g/mol. The van der Waals surface area contributed by atoms with Crippen LogP contribution >= 0.6 is 0 Å². The first-order valence-electron chi connectivity index (χ1n) is 7.68. The van der Waals surface area contributed by atoms with Crippen LogP contribution in [0.15, 0.2) is 54.6 Å². The van der Waals surface area contributed by atoms with Crippen molar-refractivity contribution in [3.8, 4) is 11.5 Å². The molecule has 0 spiro atoms. The predicted molar refractivity (Wildman–Crippen MR) is 88.2 cm³/mol. The number of carbonyl (C=O) groups is 3. The number of carboxylic acid groups (broad SMARTS) is 1. The van der Waals surface area contributed by atoms with Gasteiger partial charge >= 0.3 is 12.0 Å². The molecule has 2 aromatic rings. The van der Waals surface area contributed by atoms with Gasteiger partial charge in [0.05, 0.1) is 0 Å². The van der Waals surface area contributed by atoms with Crippen molar-refractivity contribution in [2.24, 2.45) is 0 Å². The predicted octanol–water partition coefficient (Wildman–Crippen LogP) is 2.38. The van der Waals surface area contributed by atoms with Crippen molar-refractivity contribution in [3.63, 3.8) is 0 Å². The third-order valence-electron chi connectivity index (χ3n) is 3.96. The van der Waals surface area contributed by atoms with Gasteiger partial charge in [0.25, 0.3) is 5.91 Å². The number of carbonyl (C=O) groups excluding carboxylic acids is 2. The molecule has 2 aromatic carbocycles. The Balaban J connectivity index is 1.93. The van der Waals surface area contributed by atoms with Crippen LogP contribution in [0.1, 0.15) is 18.4 Å². The first kappa shape index (κ1) is 16.5. The molecule has 7 heteroatoms. The quantitative estimate of drug-likeness (QED) is 0.700. The van der Waals surface area contributed by atoms with Crippen molar-refractivity contribution in [3.05, 3.63) is 60.2 Å². The topological polar surface area (TPSA) is 105 Å². The van der Waals surface area contributed by atoms with Gasteiger partial charge in [-0.2, -0.15) is 0 Å². The zero-order chi connectivity index (χ0) is 17.9. The van der Waals surface area contributed by atoms with Gasteiger partial charge in [0.15, 0.2) is 0 Å². The van der Waals surface area contributed by atoms with E-state index in [9.17, 15) is 14.4 Å². The van der Waals surface area contributed by atoms with Gasteiger partial charge in [0.1, 0.15) is 17.0 Å². The van der Waals surface area contributed by atoms with Crippen LogP contribution in [0, 0.1) is 0 Å². The van der Waals surface area contributed by atoms with Gasteiger partial charge in [-0.1, -0.05) is 30.3 Å². The Bertz CT molecular complexity index is 821. The van der Waals surface area contributed by atoms with E-state index in [4.69, 9.17) is 9.84 Å². The minimum absolute atomic E-state index is 0.0608. The van der Waals surface area contributed by atoms with E-state index in [0.717, 1.165) is 0 Å². The maximum atomic E-state index is 12.4. The van der Waals surface area contributed by atoms with Gasteiger partial charge < -0.3 is 15.2 Å². The third kappa shape index (κ3) is 3.45. The number of para-hydroxylation sites is 1. The number of urea groups is 1. The summed E-state index contributed by atoms with van der Waals surface area (Å²) >= 11 is 0. The molecule has 7 nitrogen and oxygen atoms in total. The number of aliphatic carboxylic acids is 1. The first-order chi connectivity index (χ1) is 12.0. The molecular formula is C18H16N2O5. The lowest BCUT2D eigenvalue weighted by atomic mass is 9.85. The van der Waals surface area contributed by atoms with Gasteiger partial charge in [-0.3, -0.25) is 14.9 Å². The first-order valence-corrected chi connectivity index (χ1v) is 7.68. The van der Waals surface area contributed by atoms with Crippen molar-refractivity contribution in [1.82, 2.24) is 10.6 Å². The van der Waals surface area contributed by atoms with Crippen molar-refractivity contribution in [2.75, 3.05) is 0 Å². The molecule has 1 aliphatic rings. The highest BCUT2D eigenvalue weighted by molar-refractivity contribution is 6.07. The molecule has 1 heterocycles. The number of hydrogen-bond acceptors (Lipinski definition) is 4. The Labute approximate surface area is 143 Å². The van der Waals surface area contributed by atoms with Gasteiger partial charge in [-0.25, -0.2) is 4.79 Å². The highest BCUT2D eigenvalue weighted by Crippen LogP contribution is 2.33. The van der Waals surface area contributed by atoms with Crippen molar-refractivity contribution >= 4 is 17.9 Å². The van der Waals surface area contributed by atoms with E-state index in [-0.39, 0.29) is 12.8 Å². The van der Waals surface area contributed by atoms with Gasteiger partial charge in [0, 0.05) is 6.42 Å². The fourth-order valence-corrected chi connectivity index (χ4v) is 2.76. The summed E-state index contributed by atoms with van der Waals surface area (Å²) in [6.07, 6.45) is -0.327. The highest BCUT2D eigenvalue weighted by Gasteiger charge is 2.47. The number of amides is 3. The molecule has 25 heavy (non-hydrogen) atoms. The summed E-state index contributed by atoms with van der Waals surface area (Å²) in [5.41, 5.74) is -0.962. The van der Waals surface area contributed by atoms with E-state index < -0.39 is 23.4 Å². The molecule has 0 aliphatic carbocycles. The Morgan fingerprint density at radius 2 is 1.76 bits per heavy atom. The van der Waals surface area contributed by atoms with Gasteiger partial charge in [0.2, 0.25) is 0 Å². The molecular weight excluding hydrogens is 324 g/mol. The smallest absolute Gasteiger partial charge is 0.322 e. The molecule has 3 N–H and O–H groups in total. The van der Waals surface area contributed by atoms with Crippen molar-refractivity contribution in [2.45, 2.75) is 18.4 Å². The number of ether oxygens (including phenoxy) is 1. The van der Waals surface area contributed by atoms with Crippen LogP contribution in [-0.4, -0.2) is 23.0 Å². The second-order valence-electron chi connectivity index (χ2n) is 5.65. The summed E-state index contributed by atoms with van der Waals surface area (Å²) in [7, 11) is 0. The van der Waals surface area contributed by atoms with E-state index in [0.29, 0.717) is 17.1 Å². The Kier molecular flexibility index (Phi) is 4.38. The Hall–Kier alpha value is -3.35. The van der Waals surface area contributed by atoms with Crippen LogP contribution < -0.4 is 15.4 Å². The molecule has 0 aromatic heterocycles. The summed E-state index contributed by atoms with van der Waals surface area (Å²) in [6, 6.07) is 15.1. The zero-order valence-corrected chi connectivity index (χ0v) is 13.2. The van der Waals surface area contributed by atoms with E-state index >= 15 is 0 Å². The second kappa shape index (κ2) is 6.64. The largest absolute Gasteiger partial charge is 0.481 e. The zero-order valence-electron chi connectivity index (χ0n) is 13.2. The fraction of sp³-hybridized carbons (Fsp3) is 0.167. The fourth-order valence-electron chi connectivity index (χ4n) is 2.76. The maximum absolute atomic E-state index is 12.4. The molecule has 1 fully saturated rings. The molecule has 3 amide bonds. The van der Waals surface area contributed by atoms with E-state index in [1.54, 1.807) is 36.4 Å². The van der Waals surface area contributed by atoms with Crippen LogP contribution in [0.3, 0.4) is 0 Å². The summed E-state index contributed by atoms with van der Waals surface area (Å²) in [5, 5.41) is 13.7. The number of carboxylic acids is 1. The molecule has 0 radical (unpaired) electrons. The van der Waals surface area contributed by atoms with Gasteiger partial charge in [-0.05, 0) is 36.2 Å². The molecule has 0 saturated carbocycles. The van der Waals surface area contributed by atoms with Crippen molar-refractivity contribution < 1.29 is 24.2 Å². The normalized spacial score (nSPS) is 19.2. The molecule has 1 saturated heterocycles. The SMILES string of the molecule is O=C(O)CCC1(c2cccc(Oc3ccccc3)c2)NC(=O)NC1=O. The van der Waals surface area contributed by atoms with E-state index in [1.807, 2.05) is 18.2 Å². The molecule has 1 aliphatic heterocycles. The number of nitrogens with one attached hydrogen (secondary N) is 2. The standard InChI is InChI=1S/C18H16N2O5/c21-15(22)9-10-18(16(23)19-17(24)20-18)12-5-4-8-14(11-12)25-13-6-2-1-3-7-13/h1-8,11H,9-10H2,(H,21,22)(H2,19,20,23,24). The van der Waals surface area contributed by atoms with Crippen LogP contribution in [0.5, 0.6) is 11.5 Å². The van der Waals surface area contributed by atoms with Crippen LogP contribution in [0.25, 0.3) is 0 Å². The highest BCUT2D eigenvalue weighted by atomic mass is 16.5. The van der Waals surface area contributed by atoms with Crippen LogP contribution in [0.2, 0.25) is 0 Å². The summed E-state index contributed by atoms with van der Waals surface area (Å²) < 4.78 is 5.75. The van der Waals surface area contributed by atoms with E-state index in [1.165, 1.54) is 0 Å². The minimum atomic E-state index is -1.43. The Morgan fingerprint density at radius 3 is 2.40 bits per heavy atom. The second-order valence-corrected chi connectivity index (χ2v) is 5.65. The lowest BCUT2D eigenvalue weighted by Gasteiger charge is -2.26. The van der Waals surface area contributed by atoms with Gasteiger partial charge in [-0.15, -0.1) is 0 Å². The lowest BCUT2D eigenvalue weighted by Crippen LogP contribution is -2.44. The van der Waals surface area contributed by atoms with E-state index in [2.05, 4.69) is 10.6 Å². The molecule has 1 unspecified atom stereocenters. The van der Waals surface area contributed by atoms with Crippen molar-refractivity contribution in [1.29, 1.82) is 0 Å². The molecule has 128 valence electrons. The number of hydrogen-bond donors (Lipinski definition) is 3. The minimum Gasteiger partial charge on any atom is -0.481 e. The van der Waals surface area contributed by atoms with Crippen LogP contribution in [-0.2, 0) is 15.1 Å². The lowest BCUT2D eigenvalue weighted by molar-refractivity contribution is -0.137. The molecule has 3 rings (SSSR count). The summed E-state index contributed by atoms with van der Waals surface area (Å²) in [6.45, 7) is 0. The molecule has 0 bridgehead atoms. The number of imide groups is 1. The number of rotatable bonds is 6. The average Bonchev–Trinajstić information content (AvgIpc) is 2.89. The summed E-state index contributed by atoms with van der Waals surface area (Å²) in [4.78, 5) is 35.0. The molecule has 1 atom stereocenters. The number of benzene rings is 2. The summed E-state index contributed by atoms with van der Waals surface area (Å²) in [5.74, 6) is -0.521. The Morgan fingerprint density at radius 1 is 1.04 bits per heavy atom. The monoisotopic (exact) mass is 340 g/mol. The third-order valence-corrected chi connectivity index (χ3v) is 3.96. The van der Waals surface area contributed by atoms with Crippen LogP contribution in [0.4, 0.5) is 4.79 Å². The maximum Gasteiger partial charge on any atom is 0.322 e.